The van der Waals surface area contributed by atoms with Gasteiger partial charge in [-0.05, 0) is 18.4 Å². The van der Waals surface area contributed by atoms with Gasteiger partial charge in [0.25, 0.3) is 11.6 Å². The van der Waals surface area contributed by atoms with Gasteiger partial charge in [0.15, 0.2) is 0 Å². The van der Waals surface area contributed by atoms with Gasteiger partial charge in [-0.3, -0.25) is 14.9 Å². The molecule has 0 aliphatic carbocycles. The van der Waals surface area contributed by atoms with E-state index in [0.717, 1.165) is 0 Å². The quantitative estimate of drug-likeness (QED) is 0.443. The van der Waals surface area contributed by atoms with Gasteiger partial charge in [0.1, 0.15) is 0 Å². The average molecular weight is 300 g/mol. The molecule has 0 saturated carbocycles. The zero-order valence-electron chi connectivity index (χ0n) is 11.2. The zero-order valence-corrected chi connectivity index (χ0v) is 12.0. The number of aliphatic hydroxyl groups excluding tert-OH is 1. The van der Waals surface area contributed by atoms with Crippen molar-refractivity contribution in [3.05, 3.63) is 33.9 Å². The topological polar surface area (TPSA) is 102 Å². The Balaban J connectivity index is 2.93. The summed E-state index contributed by atoms with van der Waals surface area (Å²) in [5.41, 5.74) is 0.0569. The fourth-order valence-electron chi connectivity index (χ4n) is 1.58. The first-order chi connectivity index (χ1) is 9.53. The molecule has 0 fully saturated rings. The number of carbonyl (C=O) groups excluding carboxylic acids is 1. The molecule has 0 spiro atoms. The van der Waals surface area contributed by atoms with Crippen molar-refractivity contribution < 1.29 is 19.6 Å². The Morgan fingerprint density at radius 3 is 2.80 bits per heavy atom. The third-order valence-corrected chi connectivity index (χ3v) is 3.35. The maximum atomic E-state index is 12.0. The monoisotopic (exact) mass is 300 g/mol. The van der Waals surface area contributed by atoms with E-state index in [2.05, 4.69) is 5.32 Å². The van der Waals surface area contributed by atoms with Gasteiger partial charge in [-0.25, -0.2) is 0 Å². The van der Waals surface area contributed by atoms with E-state index in [1.807, 2.05) is 0 Å². The van der Waals surface area contributed by atoms with Crippen molar-refractivity contribution >= 4 is 23.4 Å². The van der Waals surface area contributed by atoms with Crippen molar-refractivity contribution in [2.24, 2.45) is 0 Å². The lowest BCUT2D eigenvalue weighted by atomic mass is 10.1. The number of nitro benzene ring substituents is 1. The second-order valence-electron chi connectivity index (χ2n) is 3.95. The van der Waals surface area contributed by atoms with Crippen LogP contribution in [0.15, 0.2) is 23.1 Å². The largest absolute Gasteiger partial charge is 0.394 e. The van der Waals surface area contributed by atoms with Gasteiger partial charge in [-0.2, -0.15) is 0 Å². The molecular weight excluding hydrogens is 284 g/mol. The van der Waals surface area contributed by atoms with E-state index in [-0.39, 0.29) is 24.5 Å². The average Bonchev–Trinajstić information content (AvgIpc) is 2.45. The predicted octanol–water partition coefficient (Wildman–Crippen LogP) is 1.05. The minimum Gasteiger partial charge on any atom is -0.394 e. The number of nitrogens with one attached hydrogen (secondary N) is 1. The molecule has 0 bridgehead atoms. The first kappa shape index (κ1) is 16.4. The van der Waals surface area contributed by atoms with Crippen molar-refractivity contribution in [3.8, 4) is 0 Å². The second-order valence-corrected chi connectivity index (χ2v) is 4.80. The van der Waals surface area contributed by atoms with Crippen LogP contribution < -0.4 is 5.32 Å². The Hall–Kier alpha value is -1.64. The van der Waals surface area contributed by atoms with Crippen molar-refractivity contribution in [2.75, 3.05) is 26.6 Å². The predicted molar refractivity (Wildman–Crippen MR) is 75.1 cm³/mol. The normalized spacial score (nSPS) is 11.9. The maximum Gasteiger partial charge on any atom is 0.283 e. The van der Waals surface area contributed by atoms with E-state index in [1.165, 1.54) is 37.1 Å². The Labute approximate surface area is 120 Å². The summed E-state index contributed by atoms with van der Waals surface area (Å²) in [6.45, 7) is -0.113. The molecular formula is C12H16N2O5S. The van der Waals surface area contributed by atoms with Crippen LogP contribution in [0.3, 0.4) is 0 Å². The number of ether oxygens (including phenoxy) is 1. The van der Waals surface area contributed by atoms with Crippen molar-refractivity contribution in [2.45, 2.75) is 10.9 Å². The van der Waals surface area contributed by atoms with Gasteiger partial charge in [-0.1, -0.05) is 0 Å². The van der Waals surface area contributed by atoms with Gasteiger partial charge < -0.3 is 15.2 Å². The third-order valence-electron chi connectivity index (χ3n) is 2.56. The molecule has 1 rings (SSSR count). The molecule has 1 aromatic rings. The van der Waals surface area contributed by atoms with Crippen LogP contribution in [-0.4, -0.2) is 48.6 Å². The van der Waals surface area contributed by atoms with E-state index in [0.29, 0.717) is 4.90 Å². The molecule has 20 heavy (non-hydrogen) atoms. The number of amides is 1. The number of nitro groups is 1. The smallest absolute Gasteiger partial charge is 0.283 e. The maximum absolute atomic E-state index is 12.0. The number of benzene rings is 1. The Kier molecular flexibility index (Phi) is 6.43. The van der Waals surface area contributed by atoms with Crippen LogP contribution in [0.25, 0.3) is 0 Å². The number of aliphatic hydroxyl groups is 1. The molecule has 0 aliphatic rings. The molecule has 0 radical (unpaired) electrons. The van der Waals surface area contributed by atoms with Crippen LogP contribution in [0.1, 0.15) is 10.4 Å². The van der Waals surface area contributed by atoms with Crippen LogP contribution in [0, 0.1) is 10.1 Å². The summed E-state index contributed by atoms with van der Waals surface area (Å²) in [4.78, 5) is 22.9. The molecule has 0 aromatic heterocycles. The summed E-state index contributed by atoms with van der Waals surface area (Å²) in [6, 6.07) is 3.71. The van der Waals surface area contributed by atoms with Crippen molar-refractivity contribution in [1.29, 1.82) is 0 Å². The van der Waals surface area contributed by atoms with Crippen LogP contribution >= 0.6 is 11.8 Å². The molecule has 2 N–H and O–H groups in total. The summed E-state index contributed by atoms with van der Waals surface area (Å²) in [6.07, 6.45) is 1.72. The number of hydrogen-bond acceptors (Lipinski definition) is 6. The molecule has 0 heterocycles. The number of methoxy groups -OCH3 is 1. The molecule has 1 unspecified atom stereocenters. The first-order valence-corrected chi connectivity index (χ1v) is 6.99. The highest BCUT2D eigenvalue weighted by molar-refractivity contribution is 7.98. The third kappa shape index (κ3) is 4.19. The summed E-state index contributed by atoms with van der Waals surface area (Å²) in [7, 11) is 1.45. The van der Waals surface area contributed by atoms with Crippen molar-refractivity contribution in [1.82, 2.24) is 5.32 Å². The van der Waals surface area contributed by atoms with Crippen LogP contribution in [0.2, 0.25) is 0 Å². The molecule has 8 heteroatoms. The summed E-state index contributed by atoms with van der Waals surface area (Å²) >= 11 is 1.24. The lowest BCUT2D eigenvalue weighted by molar-refractivity contribution is -0.387. The number of thioether (sulfide) groups is 1. The number of rotatable bonds is 7. The van der Waals surface area contributed by atoms with Crippen LogP contribution in [0.5, 0.6) is 0 Å². The number of carbonyl (C=O) groups is 1. The van der Waals surface area contributed by atoms with Gasteiger partial charge in [0.05, 0.1) is 29.1 Å². The van der Waals surface area contributed by atoms with Gasteiger partial charge in [0, 0.05) is 18.7 Å². The van der Waals surface area contributed by atoms with E-state index in [1.54, 1.807) is 6.26 Å². The van der Waals surface area contributed by atoms with E-state index >= 15 is 0 Å². The molecule has 0 aliphatic heterocycles. The van der Waals surface area contributed by atoms with E-state index in [9.17, 15) is 14.9 Å². The van der Waals surface area contributed by atoms with Crippen molar-refractivity contribution in [3.63, 3.8) is 0 Å². The highest BCUT2D eigenvalue weighted by Gasteiger charge is 2.18. The molecule has 1 amide bonds. The number of hydrogen-bond donors (Lipinski definition) is 2. The minimum absolute atomic E-state index is 0.113. The molecule has 1 aromatic carbocycles. The van der Waals surface area contributed by atoms with Crippen LogP contribution in [-0.2, 0) is 4.74 Å². The first-order valence-electron chi connectivity index (χ1n) is 5.76. The molecule has 110 valence electrons. The highest BCUT2D eigenvalue weighted by atomic mass is 32.2. The number of nitrogens with zero attached hydrogens (tertiary/aromatic N) is 1. The minimum atomic E-state index is -0.549. The van der Waals surface area contributed by atoms with E-state index in [4.69, 9.17) is 9.84 Å². The van der Waals surface area contributed by atoms with Crippen LogP contribution in [0.4, 0.5) is 5.69 Å². The molecule has 0 saturated heterocycles. The summed E-state index contributed by atoms with van der Waals surface area (Å²) in [5.74, 6) is -0.489. The zero-order chi connectivity index (χ0) is 15.1. The second kappa shape index (κ2) is 7.83. The fraction of sp³-hybridized carbons (Fsp3) is 0.417. The van der Waals surface area contributed by atoms with Gasteiger partial charge in [0.2, 0.25) is 0 Å². The summed E-state index contributed by atoms with van der Waals surface area (Å²) < 4.78 is 4.84. The van der Waals surface area contributed by atoms with Gasteiger partial charge >= 0.3 is 0 Å². The Morgan fingerprint density at radius 1 is 1.60 bits per heavy atom. The lowest BCUT2D eigenvalue weighted by Crippen LogP contribution is -2.40. The molecule has 1 atom stereocenters. The lowest BCUT2D eigenvalue weighted by Gasteiger charge is -2.15. The fourth-order valence-corrected chi connectivity index (χ4v) is 2.13. The Morgan fingerprint density at radius 2 is 2.30 bits per heavy atom. The summed E-state index contributed by atoms with van der Waals surface area (Å²) in [5, 5.41) is 22.6. The standard InChI is InChI=1S/C12H16N2O5S/c1-19-7-9(6-15)13-12(16)8-3-4-11(20-2)10(5-8)14(17)18/h3-5,9,15H,6-7H2,1-2H3,(H,13,16). The van der Waals surface area contributed by atoms with E-state index < -0.39 is 16.9 Å². The molecule has 7 nitrogen and oxygen atoms in total. The Bertz CT molecular complexity index is 495. The highest BCUT2D eigenvalue weighted by Crippen LogP contribution is 2.28. The SMILES string of the molecule is COCC(CO)NC(=O)c1ccc(SC)c([N+](=O)[O-])c1. The van der Waals surface area contributed by atoms with Gasteiger partial charge in [-0.15, -0.1) is 11.8 Å².